The Morgan fingerprint density at radius 1 is 1.23 bits per heavy atom. The maximum absolute atomic E-state index is 14.8. The van der Waals surface area contributed by atoms with Crippen LogP contribution in [-0.4, -0.2) is 69.1 Å². The van der Waals surface area contributed by atoms with Gasteiger partial charge in [0.05, 0.1) is 29.2 Å². The number of hydrogen-bond donors (Lipinski definition) is 1. The van der Waals surface area contributed by atoms with Crippen LogP contribution in [0.5, 0.6) is 0 Å². The molecule has 3 aliphatic rings. The number of nitrogens with zero attached hydrogens (tertiary/aromatic N) is 2. The number of likely N-dealkylation sites (tertiary alicyclic amines) is 1. The lowest BCUT2D eigenvalue weighted by atomic mass is 9.66. The van der Waals surface area contributed by atoms with Crippen LogP contribution in [0.25, 0.3) is 0 Å². The molecule has 0 aliphatic carbocycles. The fraction of sp³-hybridized carbons (Fsp3) is 0.581. The van der Waals surface area contributed by atoms with Gasteiger partial charge in [0.2, 0.25) is 5.91 Å². The minimum Gasteiger partial charge on any atom is -0.461 e. The molecule has 1 aromatic rings. The number of rotatable bonds is 11. The topological polar surface area (TPSA) is 87.1 Å². The molecule has 4 rings (SSSR count). The lowest BCUT2D eigenvalue weighted by Crippen LogP contribution is -2.58. The van der Waals surface area contributed by atoms with E-state index in [2.05, 4.69) is 13.2 Å². The second-order valence-electron chi connectivity index (χ2n) is 11.8. The minimum absolute atomic E-state index is 0.0718. The number of amides is 2. The summed E-state index contributed by atoms with van der Waals surface area (Å²) in [6.45, 7) is 17.7. The van der Waals surface area contributed by atoms with E-state index in [9.17, 15) is 19.5 Å². The molecule has 0 radical (unpaired) electrons. The Morgan fingerprint density at radius 3 is 2.46 bits per heavy atom. The van der Waals surface area contributed by atoms with Crippen molar-refractivity contribution in [3.63, 3.8) is 0 Å². The molecule has 39 heavy (non-hydrogen) atoms. The summed E-state index contributed by atoms with van der Waals surface area (Å²) in [5, 5.41) is 10.5. The van der Waals surface area contributed by atoms with E-state index in [0.717, 1.165) is 16.8 Å². The van der Waals surface area contributed by atoms with Gasteiger partial charge in [0.25, 0.3) is 5.91 Å². The maximum Gasteiger partial charge on any atom is 0.311 e. The first-order valence-corrected chi connectivity index (χ1v) is 14.7. The molecule has 3 saturated heterocycles. The van der Waals surface area contributed by atoms with Crippen LogP contribution >= 0.6 is 11.8 Å². The van der Waals surface area contributed by atoms with Crippen molar-refractivity contribution in [3.8, 4) is 0 Å². The van der Waals surface area contributed by atoms with Gasteiger partial charge in [-0.2, -0.15) is 0 Å². The van der Waals surface area contributed by atoms with Gasteiger partial charge in [-0.1, -0.05) is 50.8 Å². The number of para-hydroxylation sites is 1. The molecule has 0 aromatic heterocycles. The molecule has 3 fully saturated rings. The number of thioether (sulfide) groups is 1. The van der Waals surface area contributed by atoms with Gasteiger partial charge in [-0.3, -0.25) is 14.4 Å². The van der Waals surface area contributed by atoms with Crippen LogP contribution in [0, 0.1) is 31.6 Å². The number of carbonyl (C=O) groups excluding carboxylic acids is 3. The van der Waals surface area contributed by atoms with Crippen molar-refractivity contribution in [2.24, 2.45) is 17.8 Å². The number of fused-ring (bicyclic) bond motifs is 1. The number of esters is 1. The molecule has 212 valence electrons. The summed E-state index contributed by atoms with van der Waals surface area (Å²) in [6.07, 6.45) is 5.11. The van der Waals surface area contributed by atoms with E-state index in [0.29, 0.717) is 19.3 Å². The van der Waals surface area contributed by atoms with Gasteiger partial charge in [0.15, 0.2) is 0 Å². The van der Waals surface area contributed by atoms with Gasteiger partial charge >= 0.3 is 5.97 Å². The molecule has 1 N–H and O–H groups in total. The largest absolute Gasteiger partial charge is 0.461 e. The third kappa shape index (κ3) is 4.73. The highest BCUT2D eigenvalue weighted by atomic mass is 32.2. The quantitative estimate of drug-likeness (QED) is 0.322. The van der Waals surface area contributed by atoms with Crippen molar-refractivity contribution >= 4 is 35.2 Å². The van der Waals surface area contributed by atoms with Crippen molar-refractivity contribution in [2.75, 3.05) is 24.7 Å². The summed E-state index contributed by atoms with van der Waals surface area (Å²) in [6, 6.07) is 4.55. The van der Waals surface area contributed by atoms with Gasteiger partial charge in [-0.05, 0) is 57.1 Å². The Bertz CT molecular complexity index is 1150. The number of anilines is 1. The van der Waals surface area contributed by atoms with Crippen LogP contribution in [0.15, 0.2) is 43.5 Å². The Kier molecular flexibility index (Phi) is 8.39. The van der Waals surface area contributed by atoms with Crippen molar-refractivity contribution in [1.82, 2.24) is 4.90 Å². The number of aliphatic hydroxyl groups excluding tert-OH is 1. The molecular formula is C31H42N2O5S. The van der Waals surface area contributed by atoms with Gasteiger partial charge in [0.1, 0.15) is 12.6 Å². The maximum atomic E-state index is 14.8. The van der Waals surface area contributed by atoms with Crippen LogP contribution in [0.3, 0.4) is 0 Å². The van der Waals surface area contributed by atoms with Crippen molar-refractivity contribution in [1.29, 1.82) is 0 Å². The molecule has 1 spiro atoms. The second-order valence-corrected chi connectivity index (χ2v) is 13.7. The molecule has 6 atom stereocenters. The average Bonchev–Trinajstić information content (AvgIpc) is 3.45. The number of aliphatic hydroxyl groups is 1. The average molecular weight is 555 g/mol. The van der Waals surface area contributed by atoms with Gasteiger partial charge in [0, 0.05) is 17.0 Å². The van der Waals surface area contributed by atoms with E-state index in [1.807, 2.05) is 52.8 Å². The Balaban J connectivity index is 1.88. The van der Waals surface area contributed by atoms with Crippen molar-refractivity contribution in [2.45, 2.75) is 75.5 Å². The number of hydrogen-bond acceptors (Lipinski definition) is 6. The summed E-state index contributed by atoms with van der Waals surface area (Å²) in [5.74, 6) is -2.01. The molecule has 7 nitrogen and oxygen atoms in total. The molecule has 1 aromatic carbocycles. The predicted molar refractivity (Wildman–Crippen MR) is 156 cm³/mol. The second kappa shape index (κ2) is 11.1. The van der Waals surface area contributed by atoms with E-state index in [1.54, 1.807) is 27.6 Å². The number of ether oxygens (including phenoxy) is 1. The summed E-state index contributed by atoms with van der Waals surface area (Å²) in [7, 11) is 0. The van der Waals surface area contributed by atoms with E-state index in [4.69, 9.17) is 4.74 Å². The van der Waals surface area contributed by atoms with E-state index < -0.39 is 39.4 Å². The van der Waals surface area contributed by atoms with Gasteiger partial charge in [-0.15, -0.1) is 18.3 Å². The first-order chi connectivity index (χ1) is 18.5. The van der Waals surface area contributed by atoms with E-state index in [-0.39, 0.29) is 37.5 Å². The van der Waals surface area contributed by atoms with Crippen LogP contribution in [0.4, 0.5) is 5.69 Å². The SMILES string of the molecule is C=CCOC(=O)[C@@H]1[C@H]2C(=O)N([C@@H](CO)CC(C)C)C(C(=O)N(CC=C)c3c(C)cccc3C)C23CC[C@@]1(C)S3. The number of aryl methyl sites for hydroxylation is 2. The normalized spacial score (nSPS) is 29.9. The lowest BCUT2D eigenvalue weighted by Gasteiger charge is -2.40. The Labute approximate surface area is 236 Å². The minimum atomic E-state index is -0.825. The zero-order valence-electron chi connectivity index (χ0n) is 23.8. The third-order valence-corrected chi connectivity index (χ3v) is 10.7. The fourth-order valence-electron chi connectivity index (χ4n) is 7.24. The summed E-state index contributed by atoms with van der Waals surface area (Å²) in [5.41, 5.74) is 2.72. The van der Waals surface area contributed by atoms with Crippen molar-refractivity contribution in [3.05, 3.63) is 54.6 Å². The highest BCUT2D eigenvalue weighted by Crippen LogP contribution is 2.72. The molecule has 2 unspecified atom stereocenters. The van der Waals surface area contributed by atoms with Crippen molar-refractivity contribution < 1.29 is 24.2 Å². The van der Waals surface area contributed by atoms with Crippen LogP contribution in [0.2, 0.25) is 0 Å². The molecular weight excluding hydrogens is 512 g/mol. The summed E-state index contributed by atoms with van der Waals surface area (Å²) < 4.78 is 4.21. The standard InChI is InChI=1S/C31H42N2O5S/c1-8-15-32(25-20(5)11-10-12-21(25)6)28(36)26-31-14-13-30(7,39-31)24(29(37)38-16-9-2)23(31)27(35)33(26)22(18-34)17-19(3)4/h8-12,19,22-24,26,34H,1-2,13-18H2,3-7H3/t22-,23+,24+,26?,30-,31?/m1/s1. The molecule has 2 amide bonds. The summed E-state index contributed by atoms with van der Waals surface area (Å²) >= 11 is 1.61. The van der Waals surface area contributed by atoms with Crippen LogP contribution < -0.4 is 4.90 Å². The zero-order chi connectivity index (χ0) is 28.7. The van der Waals surface area contributed by atoms with E-state index in [1.165, 1.54) is 6.08 Å². The molecule has 8 heteroatoms. The number of carbonyl (C=O) groups is 3. The molecule has 3 aliphatic heterocycles. The summed E-state index contributed by atoms with van der Waals surface area (Å²) in [4.78, 5) is 46.1. The van der Waals surface area contributed by atoms with Gasteiger partial charge in [-0.25, -0.2) is 0 Å². The first-order valence-electron chi connectivity index (χ1n) is 13.9. The van der Waals surface area contributed by atoms with Gasteiger partial charge < -0.3 is 19.6 Å². The monoisotopic (exact) mass is 554 g/mol. The van der Waals surface area contributed by atoms with E-state index >= 15 is 0 Å². The zero-order valence-corrected chi connectivity index (χ0v) is 24.6. The first kappa shape index (κ1) is 29.4. The van der Waals surface area contributed by atoms with Crippen LogP contribution in [-0.2, 0) is 19.1 Å². The molecule has 3 heterocycles. The highest BCUT2D eigenvalue weighted by Gasteiger charge is 2.78. The predicted octanol–water partition coefficient (Wildman–Crippen LogP) is 4.44. The molecule has 0 saturated carbocycles. The highest BCUT2D eigenvalue weighted by molar-refractivity contribution is 8.02. The fourth-order valence-corrected chi connectivity index (χ4v) is 9.57. The Hall–Kier alpha value is -2.58. The third-order valence-electron chi connectivity index (χ3n) is 8.68. The number of benzene rings is 1. The van der Waals surface area contributed by atoms with Crippen LogP contribution in [0.1, 0.15) is 51.2 Å². The smallest absolute Gasteiger partial charge is 0.311 e. The Morgan fingerprint density at radius 2 is 1.90 bits per heavy atom. The molecule has 2 bridgehead atoms. The lowest BCUT2D eigenvalue weighted by molar-refractivity contribution is -0.155.